The number of fused-ring (bicyclic) bond motifs is 1. The lowest BCUT2D eigenvalue weighted by Crippen LogP contribution is -1.98. The van der Waals surface area contributed by atoms with Crippen molar-refractivity contribution in [2.75, 3.05) is 12.4 Å². The molecular weight excluding hydrogens is 519 g/mol. The van der Waals surface area contributed by atoms with E-state index in [2.05, 4.69) is 25.6 Å². The molecule has 0 saturated heterocycles. The highest BCUT2D eigenvalue weighted by atomic mass is 35.5. The Morgan fingerprint density at radius 2 is 1.85 bits per heavy atom. The van der Waals surface area contributed by atoms with E-state index in [1.54, 1.807) is 30.2 Å². The fourth-order valence-electron chi connectivity index (χ4n) is 2.84. The number of thiazole rings is 1. The molecule has 0 aliphatic rings. The number of benzene rings is 1. The van der Waals surface area contributed by atoms with Crippen molar-refractivity contribution >= 4 is 80.4 Å². The highest BCUT2D eigenvalue weighted by molar-refractivity contribution is 7.99. The van der Waals surface area contributed by atoms with Gasteiger partial charge in [-0.3, -0.25) is 4.98 Å². The maximum Gasteiger partial charge on any atom is 0.226 e. The van der Waals surface area contributed by atoms with Crippen molar-refractivity contribution in [1.82, 2.24) is 15.0 Å². The SMILES string of the molecule is COc1csc(Nc2ncc(Sc3ccnc4ccsc34)cc2Oc2ccccc2)n1.Cl.Cl. The number of hydrogen-bond acceptors (Lipinski definition) is 9. The van der Waals surface area contributed by atoms with E-state index in [1.807, 2.05) is 66.3 Å². The Morgan fingerprint density at radius 1 is 1.00 bits per heavy atom. The van der Waals surface area contributed by atoms with Gasteiger partial charge in [0.25, 0.3) is 0 Å². The summed E-state index contributed by atoms with van der Waals surface area (Å²) in [5.74, 6) is 2.49. The zero-order chi connectivity index (χ0) is 21.0. The monoisotopic (exact) mass is 536 g/mol. The lowest BCUT2D eigenvalue weighted by atomic mass is 10.3. The van der Waals surface area contributed by atoms with Crippen LogP contribution in [0.1, 0.15) is 0 Å². The van der Waals surface area contributed by atoms with Crippen LogP contribution in [0.5, 0.6) is 17.4 Å². The zero-order valence-corrected chi connectivity index (χ0v) is 21.2. The van der Waals surface area contributed by atoms with Crippen LogP contribution in [-0.4, -0.2) is 22.1 Å². The lowest BCUT2D eigenvalue weighted by molar-refractivity contribution is 0.401. The molecule has 6 nitrogen and oxygen atoms in total. The molecule has 170 valence electrons. The summed E-state index contributed by atoms with van der Waals surface area (Å²) in [6.07, 6.45) is 3.66. The predicted octanol–water partition coefficient (Wildman–Crippen LogP) is 7.69. The summed E-state index contributed by atoms with van der Waals surface area (Å²) in [6, 6.07) is 15.7. The van der Waals surface area contributed by atoms with E-state index in [0.717, 1.165) is 25.8 Å². The Hall–Kier alpha value is -2.56. The first kappa shape index (κ1) is 25.1. The first-order valence-corrected chi connectivity index (χ1v) is 11.9. The van der Waals surface area contributed by atoms with Crippen molar-refractivity contribution < 1.29 is 9.47 Å². The summed E-state index contributed by atoms with van der Waals surface area (Å²) < 4.78 is 12.5. The van der Waals surface area contributed by atoms with Crippen LogP contribution < -0.4 is 14.8 Å². The number of methoxy groups -OCH3 is 1. The van der Waals surface area contributed by atoms with E-state index in [-0.39, 0.29) is 24.8 Å². The van der Waals surface area contributed by atoms with Crippen molar-refractivity contribution in [3.8, 4) is 17.4 Å². The minimum Gasteiger partial charge on any atom is -0.480 e. The Labute approximate surface area is 215 Å². The molecule has 0 amide bonds. The number of halogens is 2. The second kappa shape index (κ2) is 11.5. The average Bonchev–Trinajstić information content (AvgIpc) is 3.46. The summed E-state index contributed by atoms with van der Waals surface area (Å²) in [6.45, 7) is 0. The van der Waals surface area contributed by atoms with Crippen molar-refractivity contribution in [3.63, 3.8) is 0 Å². The number of aromatic nitrogens is 3. The standard InChI is InChI=1S/C22H16N4O2S3.2ClH/c1-27-19-13-30-22(25-19)26-21-17(28-14-5-3-2-4-6-14)11-15(12-24-21)31-18-7-9-23-16-8-10-29-20(16)18;;/h2-13H,1H3,(H,24,25,26);2*1H. The first-order valence-electron chi connectivity index (χ1n) is 9.28. The van der Waals surface area contributed by atoms with Gasteiger partial charge in [-0.15, -0.1) is 47.5 Å². The van der Waals surface area contributed by atoms with Crippen molar-refractivity contribution in [2.45, 2.75) is 9.79 Å². The highest BCUT2D eigenvalue weighted by Crippen LogP contribution is 2.39. The molecule has 5 aromatic rings. The number of pyridine rings is 2. The lowest BCUT2D eigenvalue weighted by Gasteiger charge is -2.12. The second-order valence-electron chi connectivity index (χ2n) is 6.30. The Kier molecular flexibility index (Phi) is 8.76. The minimum atomic E-state index is 0. The van der Waals surface area contributed by atoms with Gasteiger partial charge in [0, 0.05) is 28.3 Å². The number of hydrogen-bond donors (Lipinski definition) is 1. The molecule has 5 rings (SSSR count). The number of anilines is 2. The molecule has 0 fully saturated rings. The van der Waals surface area contributed by atoms with Gasteiger partial charge >= 0.3 is 0 Å². The number of rotatable bonds is 7. The highest BCUT2D eigenvalue weighted by Gasteiger charge is 2.13. The molecule has 0 aliphatic heterocycles. The van der Waals surface area contributed by atoms with Crippen molar-refractivity contribution in [2.24, 2.45) is 0 Å². The van der Waals surface area contributed by atoms with E-state index >= 15 is 0 Å². The molecule has 0 spiro atoms. The molecule has 0 aliphatic carbocycles. The second-order valence-corrected chi connectivity index (χ2v) is 9.19. The van der Waals surface area contributed by atoms with Crippen LogP contribution in [0.4, 0.5) is 10.9 Å². The van der Waals surface area contributed by atoms with Gasteiger partial charge in [0.05, 0.1) is 22.7 Å². The molecule has 4 aromatic heterocycles. The van der Waals surface area contributed by atoms with E-state index in [9.17, 15) is 0 Å². The Bertz CT molecular complexity index is 1330. The van der Waals surface area contributed by atoms with Gasteiger partial charge in [0.15, 0.2) is 16.7 Å². The minimum absolute atomic E-state index is 0. The van der Waals surface area contributed by atoms with Gasteiger partial charge < -0.3 is 14.8 Å². The van der Waals surface area contributed by atoms with Gasteiger partial charge in [-0.2, -0.15) is 4.98 Å². The first-order chi connectivity index (χ1) is 15.3. The number of para-hydroxylation sites is 1. The predicted molar refractivity (Wildman–Crippen MR) is 141 cm³/mol. The third-order valence-corrected chi connectivity index (χ3v) is 7.07. The maximum atomic E-state index is 6.16. The number of nitrogens with zero attached hydrogens (tertiary/aromatic N) is 3. The molecule has 33 heavy (non-hydrogen) atoms. The molecule has 0 bridgehead atoms. The molecule has 0 radical (unpaired) electrons. The van der Waals surface area contributed by atoms with E-state index < -0.39 is 0 Å². The molecule has 1 aromatic carbocycles. The van der Waals surface area contributed by atoms with Gasteiger partial charge in [-0.25, -0.2) is 4.98 Å². The normalized spacial score (nSPS) is 10.2. The smallest absolute Gasteiger partial charge is 0.226 e. The summed E-state index contributed by atoms with van der Waals surface area (Å²) in [5, 5.41) is 7.80. The summed E-state index contributed by atoms with van der Waals surface area (Å²) in [5.41, 5.74) is 1.000. The average molecular weight is 538 g/mol. The number of nitrogens with one attached hydrogen (secondary N) is 1. The quantitative estimate of drug-likeness (QED) is 0.228. The van der Waals surface area contributed by atoms with Crippen LogP contribution in [-0.2, 0) is 0 Å². The van der Waals surface area contributed by atoms with Crippen LogP contribution in [0.25, 0.3) is 10.2 Å². The Balaban J connectivity index is 0.00000153. The molecule has 1 N–H and O–H groups in total. The number of ether oxygens (including phenoxy) is 2. The summed E-state index contributed by atoms with van der Waals surface area (Å²) >= 11 is 4.76. The third-order valence-electron chi connectivity index (χ3n) is 4.25. The van der Waals surface area contributed by atoms with Crippen LogP contribution in [0, 0.1) is 0 Å². The van der Waals surface area contributed by atoms with E-state index in [1.165, 1.54) is 11.3 Å². The van der Waals surface area contributed by atoms with Crippen LogP contribution in [0.2, 0.25) is 0 Å². The van der Waals surface area contributed by atoms with Crippen LogP contribution >= 0.6 is 59.2 Å². The molecular formula is C22H18Cl2N4O2S3. The van der Waals surface area contributed by atoms with Gasteiger partial charge in [-0.1, -0.05) is 30.0 Å². The largest absolute Gasteiger partial charge is 0.480 e. The van der Waals surface area contributed by atoms with E-state index in [4.69, 9.17) is 9.47 Å². The number of thiophene rings is 1. The van der Waals surface area contributed by atoms with Gasteiger partial charge in [0.2, 0.25) is 5.88 Å². The molecule has 0 unspecified atom stereocenters. The zero-order valence-electron chi connectivity index (χ0n) is 17.1. The fourth-order valence-corrected chi connectivity index (χ4v) is 5.38. The van der Waals surface area contributed by atoms with Gasteiger partial charge in [0.1, 0.15) is 5.75 Å². The van der Waals surface area contributed by atoms with Crippen LogP contribution in [0.15, 0.2) is 81.5 Å². The van der Waals surface area contributed by atoms with Crippen molar-refractivity contribution in [3.05, 3.63) is 71.7 Å². The van der Waals surface area contributed by atoms with Crippen LogP contribution in [0.3, 0.4) is 0 Å². The van der Waals surface area contributed by atoms with Crippen molar-refractivity contribution in [1.29, 1.82) is 0 Å². The third kappa shape index (κ3) is 5.87. The van der Waals surface area contributed by atoms with Gasteiger partial charge in [-0.05, 0) is 29.6 Å². The Morgan fingerprint density at radius 3 is 2.64 bits per heavy atom. The maximum absolute atomic E-state index is 6.16. The van der Waals surface area contributed by atoms with E-state index in [0.29, 0.717) is 22.6 Å². The summed E-state index contributed by atoms with van der Waals surface area (Å²) in [4.78, 5) is 15.5. The fraction of sp³-hybridized carbons (Fsp3) is 0.0455. The molecule has 11 heteroatoms. The summed E-state index contributed by atoms with van der Waals surface area (Å²) in [7, 11) is 1.59. The molecule has 0 saturated carbocycles. The topological polar surface area (TPSA) is 69.2 Å². The molecule has 4 heterocycles. The molecule has 0 atom stereocenters.